The van der Waals surface area contributed by atoms with Gasteiger partial charge in [0.2, 0.25) is 0 Å². The first-order valence-electron chi connectivity index (χ1n) is 7.98. The number of anilines is 1. The van der Waals surface area contributed by atoms with E-state index in [9.17, 15) is 9.59 Å². The number of aromatic nitrogens is 2. The Labute approximate surface area is 154 Å². The lowest BCUT2D eigenvalue weighted by Gasteiger charge is -2.09. The van der Waals surface area contributed by atoms with Crippen LogP contribution in [0.2, 0.25) is 0 Å². The van der Waals surface area contributed by atoms with Gasteiger partial charge in [0.15, 0.2) is 0 Å². The predicted octanol–water partition coefficient (Wildman–Crippen LogP) is 3.73. The Bertz CT molecular complexity index is 942. The molecule has 0 spiro atoms. The highest BCUT2D eigenvalue weighted by atomic mass is 79.9. The van der Waals surface area contributed by atoms with Crippen molar-refractivity contribution in [2.24, 2.45) is 0 Å². The van der Waals surface area contributed by atoms with E-state index in [0.29, 0.717) is 17.9 Å². The summed E-state index contributed by atoms with van der Waals surface area (Å²) in [6.07, 6.45) is 3.64. The molecule has 0 bridgehead atoms. The molecule has 0 atom stereocenters. The van der Waals surface area contributed by atoms with Gasteiger partial charge in [0, 0.05) is 35.2 Å². The van der Waals surface area contributed by atoms with Crippen LogP contribution < -0.4 is 10.9 Å². The van der Waals surface area contributed by atoms with Crippen LogP contribution in [0.5, 0.6) is 0 Å². The largest absolute Gasteiger partial charge is 0.343 e. The maximum absolute atomic E-state index is 12.4. The first kappa shape index (κ1) is 17.2. The Kier molecular flexibility index (Phi) is 5.19. The van der Waals surface area contributed by atoms with E-state index in [1.807, 2.05) is 48.0 Å². The van der Waals surface area contributed by atoms with Crippen molar-refractivity contribution in [2.45, 2.75) is 20.0 Å². The second-order valence-corrected chi connectivity index (χ2v) is 6.56. The highest BCUT2D eigenvalue weighted by Crippen LogP contribution is 2.17. The van der Waals surface area contributed by atoms with Gasteiger partial charge in [-0.25, -0.2) is 0 Å². The maximum atomic E-state index is 12.4. The topological polar surface area (TPSA) is 56.0 Å². The van der Waals surface area contributed by atoms with Crippen LogP contribution in [0.15, 0.2) is 70.2 Å². The van der Waals surface area contributed by atoms with Crippen molar-refractivity contribution in [2.75, 3.05) is 5.32 Å². The molecule has 2 aromatic heterocycles. The summed E-state index contributed by atoms with van der Waals surface area (Å²) in [4.78, 5) is 24.2. The van der Waals surface area contributed by atoms with Crippen LogP contribution >= 0.6 is 15.9 Å². The van der Waals surface area contributed by atoms with Crippen LogP contribution in [0.1, 0.15) is 23.0 Å². The van der Waals surface area contributed by atoms with E-state index >= 15 is 0 Å². The normalized spacial score (nSPS) is 10.6. The molecule has 0 saturated carbocycles. The van der Waals surface area contributed by atoms with Crippen LogP contribution in [0.4, 0.5) is 5.69 Å². The molecule has 1 amide bonds. The number of pyridine rings is 1. The van der Waals surface area contributed by atoms with E-state index in [-0.39, 0.29) is 11.5 Å². The lowest BCUT2D eigenvalue weighted by molar-refractivity contribution is 0.101. The minimum absolute atomic E-state index is 0.0363. The fourth-order valence-electron chi connectivity index (χ4n) is 2.60. The average molecular weight is 400 g/mol. The highest BCUT2D eigenvalue weighted by Gasteiger charge is 2.12. The number of carbonyl (C=O) groups excluding carboxylic acids is 1. The zero-order valence-corrected chi connectivity index (χ0v) is 15.4. The van der Waals surface area contributed by atoms with E-state index in [2.05, 4.69) is 21.2 Å². The van der Waals surface area contributed by atoms with Crippen LogP contribution in [0, 0.1) is 0 Å². The number of aryl methyl sites for hydroxylation is 1. The summed E-state index contributed by atoms with van der Waals surface area (Å²) in [5, 5.41) is 2.90. The van der Waals surface area contributed by atoms with Gasteiger partial charge in [0.05, 0.1) is 6.54 Å². The molecule has 2 heterocycles. The number of halogens is 1. The van der Waals surface area contributed by atoms with Crippen molar-refractivity contribution >= 4 is 27.5 Å². The van der Waals surface area contributed by atoms with Crippen LogP contribution in [0.25, 0.3) is 0 Å². The second-order valence-electron chi connectivity index (χ2n) is 5.65. The number of hydrogen-bond donors (Lipinski definition) is 1. The monoisotopic (exact) mass is 399 g/mol. The molecule has 128 valence electrons. The molecular formula is C19H18BrN3O2. The van der Waals surface area contributed by atoms with E-state index in [4.69, 9.17) is 0 Å². The third-order valence-corrected chi connectivity index (χ3v) is 4.33. The van der Waals surface area contributed by atoms with Gasteiger partial charge in [-0.2, -0.15) is 0 Å². The van der Waals surface area contributed by atoms with Crippen molar-refractivity contribution in [3.05, 3.63) is 87.0 Å². The highest BCUT2D eigenvalue weighted by molar-refractivity contribution is 9.10. The molecule has 1 aromatic carbocycles. The number of amides is 1. The lowest BCUT2D eigenvalue weighted by Crippen LogP contribution is -2.18. The Morgan fingerprint density at radius 1 is 1.12 bits per heavy atom. The van der Waals surface area contributed by atoms with Gasteiger partial charge in [-0.05, 0) is 52.7 Å². The third kappa shape index (κ3) is 4.09. The van der Waals surface area contributed by atoms with Crippen molar-refractivity contribution in [3.63, 3.8) is 0 Å². The zero-order valence-electron chi connectivity index (χ0n) is 13.8. The van der Waals surface area contributed by atoms with Crippen molar-refractivity contribution in [1.29, 1.82) is 0 Å². The fourth-order valence-corrected chi connectivity index (χ4v) is 3.07. The number of benzene rings is 1. The smallest absolute Gasteiger partial charge is 0.272 e. The molecule has 1 N–H and O–H groups in total. The summed E-state index contributed by atoms with van der Waals surface area (Å²) in [6, 6.07) is 14.4. The van der Waals surface area contributed by atoms with Gasteiger partial charge < -0.3 is 14.5 Å². The molecule has 6 heteroatoms. The molecule has 0 unspecified atom stereocenters. The Hall–Kier alpha value is -2.60. The molecule has 3 aromatic rings. The molecule has 5 nitrogen and oxygen atoms in total. The summed E-state index contributed by atoms with van der Waals surface area (Å²) in [5.74, 6) is -0.153. The molecule has 0 fully saturated rings. The fraction of sp³-hybridized carbons (Fsp3) is 0.158. The number of nitrogens with zero attached hydrogens (tertiary/aromatic N) is 2. The Balaban J connectivity index is 1.71. The van der Waals surface area contributed by atoms with Gasteiger partial charge in [0.25, 0.3) is 11.5 Å². The molecule has 0 aliphatic carbocycles. The van der Waals surface area contributed by atoms with E-state index < -0.39 is 0 Å². The first-order valence-corrected chi connectivity index (χ1v) is 8.77. The minimum Gasteiger partial charge on any atom is -0.343 e. The molecular weight excluding hydrogens is 382 g/mol. The Morgan fingerprint density at radius 2 is 1.88 bits per heavy atom. The minimum atomic E-state index is -0.153. The lowest BCUT2D eigenvalue weighted by atomic mass is 10.2. The molecule has 0 saturated heterocycles. The number of carbonyl (C=O) groups is 1. The standard InChI is InChI=1S/C19H18BrN3O2/c1-2-22-13-15(20)11-17(22)19(25)21-16-8-6-14(7-9-16)12-23-10-4-3-5-18(23)24/h3-11,13H,2,12H2,1H3,(H,21,25). The second kappa shape index (κ2) is 7.53. The zero-order chi connectivity index (χ0) is 17.8. The molecule has 0 radical (unpaired) electrons. The molecule has 3 rings (SSSR count). The van der Waals surface area contributed by atoms with E-state index in [0.717, 1.165) is 16.6 Å². The number of nitrogens with one attached hydrogen (secondary N) is 1. The SMILES string of the molecule is CCn1cc(Br)cc1C(=O)Nc1ccc(Cn2ccccc2=O)cc1. The maximum Gasteiger partial charge on any atom is 0.272 e. The van der Waals surface area contributed by atoms with Gasteiger partial charge in [-0.3, -0.25) is 9.59 Å². The van der Waals surface area contributed by atoms with E-state index in [1.54, 1.807) is 22.9 Å². The summed E-state index contributed by atoms with van der Waals surface area (Å²) in [6.45, 7) is 3.21. The van der Waals surface area contributed by atoms with Gasteiger partial charge >= 0.3 is 0 Å². The van der Waals surface area contributed by atoms with Crippen molar-refractivity contribution in [1.82, 2.24) is 9.13 Å². The summed E-state index contributed by atoms with van der Waals surface area (Å²) < 4.78 is 4.40. The summed E-state index contributed by atoms with van der Waals surface area (Å²) in [7, 11) is 0. The summed E-state index contributed by atoms with van der Waals surface area (Å²) >= 11 is 3.40. The van der Waals surface area contributed by atoms with Crippen molar-refractivity contribution < 1.29 is 4.79 Å². The van der Waals surface area contributed by atoms with Crippen LogP contribution in [-0.2, 0) is 13.1 Å². The van der Waals surface area contributed by atoms with Gasteiger partial charge in [-0.15, -0.1) is 0 Å². The molecule has 0 aliphatic heterocycles. The molecule has 25 heavy (non-hydrogen) atoms. The van der Waals surface area contributed by atoms with Crippen LogP contribution in [-0.4, -0.2) is 15.0 Å². The third-order valence-electron chi connectivity index (χ3n) is 3.90. The van der Waals surface area contributed by atoms with Gasteiger partial charge in [0.1, 0.15) is 5.69 Å². The average Bonchev–Trinajstić information content (AvgIpc) is 3.00. The predicted molar refractivity (Wildman–Crippen MR) is 102 cm³/mol. The quantitative estimate of drug-likeness (QED) is 0.710. The number of rotatable bonds is 5. The number of hydrogen-bond acceptors (Lipinski definition) is 2. The molecule has 0 aliphatic rings. The van der Waals surface area contributed by atoms with Crippen molar-refractivity contribution in [3.8, 4) is 0 Å². The van der Waals surface area contributed by atoms with E-state index in [1.165, 1.54) is 6.07 Å². The summed E-state index contributed by atoms with van der Waals surface area (Å²) in [5.41, 5.74) is 2.28. The Morgan fingerprint density at radius 3 is 2.56 bits per heavy atom. The van der Waals surface area contributed by atoms with Crippen LogP contribution in [0.3, 0.4) is 0 Å². The first-order chi connectivity index (χ1) is 12.1. The van der Waals surface area contributed by atoms with Gasteiger partial charge in [-0.1, -0.05) is 18.2 Å².